The van der Waals surface area contributed by atoms with Crippen LogP contribution in [0.5, 0.6) is 0 Å². The highest BCUT2D eigenvalue weighted by molar-refractivity contribution is 5.91. The smallest absolute Gasteiger partial charge is 0.335 e. The maximum Gasteiger partial charge on any atom is 0.335 e. The molecule has 1 aliphatic rings. The first-order valence-corrected chi connectivity index (χ1v) is 5.33. The van der Waals surface area contributed by atoms with Crippen LogP contribution < -0.4 is 0 Å². The van der Waals surface area contributed by atoms with E-state index in [1.54, 1.807) is 6.92 Å². The van der Waals surface area contributed by atoms with Crippen molar-refractivity contribution in [1.82, 2.24) is 0 Å². The van der Waals surface area contributed by atoms with E-state index >= 15 is 0 Å². The molecule has 15 heavy (non-hydrogen) atoms. The Morgan fingerprint density at radius 2 is 2.27 bits per heavy atom. The van der Waals surface area contributed by atoms with Crippen molar-refractivity contribution in [3.05, 3.63) is 11.1 Å². The van der Waals surface area contributed by atoms with E-state index in [1.807, 2.05) is 13.8 Å². The molecule has 0 saturated carbocycles. The molecule has 1 aliphatic carbocycles. The maximum atomic E-state index is 11.8. The molecule has 0 aromatic heterocycles. The van der Waals surface area contributed by atoms with E-state index in [0.717, 1.165) is 12.8 Å². The zero-order valence-electron chi connectivity index (χ0n) is 9.59. The number of carbonyl (C=O) groups excluding carboxylic acids is 1. The largest absolute Gasteiger partial charge is 0.463 e. The quantitative estimate of drug-likeness (QED) is 0.654. The molecule has 3 nitrogen and oxygen atoms in total. The molecule has 0 fully saturated rings. The van der Waals surface area contributed by atoms with Crippen molar-refractivity contribution in [1.29, 1.82) is 5.26 Å². The second kappa shape index (κ2) is 4.48. The van der Waals surface area contributed by atoms with Crippen LogP contribution in [-0.4, -0.2) is 12.6 Å². The summed E-state index contributed by atoms with van der Waals surface area (Å²) in [6.45, 7) is 6.13. The van der Waals surface area contributed by atoms with E-state index in [1.165, 1.54) is 0 Å². The zero-order chi connectivity index (χ0) is 11.5. The average Bonchev–Trinajstić information content (AvgIpc) is 2.16. The summed E-state index contributed by atoms with van der Waals surface area (Å²) in [5.74, 6) is -0.321. The summed E-state index contributed by atoms with van der Waals surface area (Å²) < 4.78 is 5.00. The van der Waals surface area contributed by atoms with Gasteiger partial charge in [-0.1, -0.05) is 13.8 Å². The fraction of sp³-hybridized carbons (Fsp3) is 0.667. The number of esters is 1. The molecule has 0 bridgehead atoms. The number of ether oxygens (including phenoxy) is 1. The SMILES string of the molecule is CCOC(=O)C1=C(C#N)CCCC1(C)C. The molecule has 0 aliphatic heterocycles. The highest BCUT2D eigenvalue weighted by atomic mass is 16.5. The summed E-state index contributed by atoms with van der Waals surface area (Å²) in [4.78, 5) is 11.8. The van der Waals surface area contributed by atoms with Crippen LogP contribution in [0.25, 0.3) is 0 Å². The van der Waals surface area contributed by atoms with Crippen molar-refractivity contribution in [3.8, 4) is 6.07 Å². The van der Waals surface area contributed by atoms with Gasteiger partial charge in [0.1, 0.15) is 0 Å². The third-order valence-corrected chi connectivity index (χ3v) is 2.82. The Kier molecular flexibility index (Phi) is 3.52. The molecule has 0 atom stereocenters. The van der Waals surface area contributed by atoms with Crippen LogP contribution in [0.15, 0.2) is 11.1 Å². The van der Waals surface area contributed by atoms with Gasteiger partial charge in [-0.05, 0) is 31.6 Å². The third-order valence-electron chi connectivity index (χ3n) is 2.82. The molecule has 0 spiro atoms. The van der Waals surface area contributed by atoms with E-state index < -0.39 is 0 Å². The fourth-order valence-corrected chi connectivity index (χ4v) is 2.08. The first-order chi connectivity index (χ1) is 7.03. The van der Waals surface area contributed by atoms with E-state index in [2.05, 4.69) is 6.07 Å². The first kappa shape index (κ1) is 11.8. The minimum atomic E-state index is -0.321. The lowest BCUT2D eigenvalue weighted by atomic mass is 9.72. The van der Waals surface area contributed by atoms with Crippen LogP contribution in [0.3, 0.4) is 0 Å². The summed E-state index contributed by atoms with van der Waals surface area (Å²) in [6, 6.07) is 2.13. The lowest BCUT2D eigenvalue weighted by Crippen LogP contribution is -2.27. The van der Waals surface area contributed by atoms with Gasteiger partial charge >= 0.3 is 5.97 Å². The van der Waals surface area contributed by atoms with Gasteiger partial charge in [-0.25, -0.2) is 4.79 Å². The molecule has 0 amide bonds. The molecule has 0 saturated heterocycles. The molecule has 0 aromatic rings. The third kappa shape index (κ3) is 2.38. The van der Waals surface area contributed by atoms with Crippen LogP contribution in [0.2, 0.25) is 0 Å². The van der Waals surface area contributed by atoms with Crippen LogP contribution in [0, 0.1) is 16.7 Å². The first-order valence-electron chi connectivity index (χ1n) is 5.33. The number of hydrogen-bond donors (Lipinski definition) is 0. The highest BCUT2D eigenvalue weighted by Gasteiger charge is 2.35. The Hall–Kier alpha value is -1.30. The van der Waals surface area contributed by atoms with Crippen molar-refractivity contribution >= 4 is 5.97 Å². The normalized spacial score (nSPS) is 19.6. The van der Waals surface area contributed by atoms with Crippen LogP contribution in [0.4, 0.5) is 0 Å². The Bertz CT molecular complexity index is 334. The minimum Gasteiger partial charge on any atom is -0.463 e. The molecule has 82 valence electrons. The van der Waals surface area contributed by atoms with Crippen molar-refractivity contribution in [3.63, 3.8) is 0 Å². The zero-order valence-corrected chi connectivity index (χ0v) is 9.59. The minimum absolute atomic E-state index is 0.227. The van der Waals surface area contributed by atoms with Crippen LogP contribution in [0.1, 0.15) is 40.0 Å². The number of nitriles is 1. The molecule has 0 aromatic carbocycles. The van der Waals surface area contributed by atoms with Gasteiger partial charge in [0.2, 0.25) is 0 Å². The number of allylic oxidation sites excluding steroid dienone is 1. The molecular formula is C12H17NO2. The Labute approximate surface area is 90.7 Å². The van der Waals surface area contributed by atoms with Gasteiger partial charge in [-0.15, -0.1) is 0 Å². The molecule has 1 rings (SSSR count). The topological polar surface area (TPSA) is 50.1 Å². The van der Waals surface area contributed by atoms with Crippen molar-refractivity contribution < 1.29 is 9.53 Å². The van der Waals surface area contributed by atoms with Crippen LogP contribution >= 0.6 is 0 Å². The van der Waals surface area contributed by atoms with E-state index in [0.29, 0.717) is 24.2 Å². The predicted octanol–water partition coefficient (Wildman–Crippen LogP) is 2.58. The Morgan fingerprint density at radius 3 is 2.80 bits per heavy atom. The lowest BCUT2D eigenvalue weighted by molar-refractivity contribution is -0.140. The van der Waals surface area contributed by atoms with Gasteiger partial charge in [0.15, 0.2) is 0 Å². The summed E-state index contributed by atoms with van der Waals surface area (Å²) in [7, 11) is 0. The van der Waals surface area contributed by atoms with Gasteiger partial charge in [-0.3, -0.25) is 0 Å². The van der Waals surface area contributed by atoms with Gasteiger partial charge in [-0.2, -0.15) is 5.26 Å². The summed E-state index contributed by atoms with van der Waals surface area (Å²) in [5, 5.41) is 9.00. The molecular weight excluding hydrogens is 190 g/mol. The van der Waals surface area contributed by atoms with E-state index in [-0.39, 0.29) is 11.4 Å². The second-order valence-corrected chi connectivity index (χ2v) is 4.42. The van der Waals surface area contributed by atoms with Crippen LogP contribution in [-0.2, 0) is 9.53 Å². The van der Waals surface area contributed by atoms with Gasteiger partial charge in [0.25, 0.3) is 0 Å². The average molecular weight is 207 g/mol. The van der Waals surface area contributed by atoms with Gasteiger partial charge in [0.05, 0.1) is 18.2 Å². The summed E-state index contributed by atoms with van der Waals surface area (Å²) >= 11 is 0. The van der Waals surface area contributed by atoms with Crippen molar-refractivity contribution in [2.45, 2.75) is 40.0 Å². The highest BCUT2D eigenvalue weighted by Crippen LogP contribution is 2.40. The molecule has 3 heteroatoms. The predicted molar refractivity (Wildman–Crippen MR) is 56.9 cm³/mol. The maximum absolute atomic E-state index is 11.8. The Morgan fingerprint density at radius 1 is 1.60 bits per heavy atom. The van der Waals surface area contributed by atoms with Crippen molar-refractivity contribution in [2.75, 3.05) is 6.61 Å². The molecule has 0 N–H and O–H groups in total. The number of hydrogen-bond acceptors (Lipinski definition) is 3. The molecule has 0 unspecified atom stereocenters. The van der Waals surface area contributed by atoms with Crippen molar-refractivity contribution in [2.24, 2.45) is 5.41 Å². The lowest BCUT2D eigenvalue weighted by Gasteiger charge is -2.31. The second-order valence-electron chi connectivity index (χ2n) is 4.42. The summed E-state index contributed by atoms with van der Waals surface area (Å²) in [5.41, 5.74) is 0.957. The fourth-order valence-electron chi connectivity index (χ4n) is 2.08. The molecule has 0 heterocycles. The van der Waals surface area contributed by atoms with E-state index in [9.17, 15) is 4.79 Å². The monoisotopic (exact) mass is 207 g/mol. The van der Waals surface area contributed by atoms with Gasteiger partial charge in [0, 0.05) is 5.57 Å². The van der Waals surface area contributed by atoms with Gasteiger partial charge < -0.3 is 4.74 Å². The molecule has 0 radical (unpaired) electrons. The van der Waals surface area contributed by atoms with E-state index in [4.69, 9.17) is 10.00 Å². The number of carbonyl (C=O) groups is 1. The standard InChI is InChI=1S/C12H17NO2/c1-4-15-11(14)10-9(8-13)6-5-7-12(10,2)3/h4-7H2,1-3H3. The Balaban J connectivity index is 3.10. The summed E-state index contributed by atoms with van der Waals surface area (Å²) in [6.07, 6.45) is 2.61. The number of rotatable bonds is 2. The number of nitrogens with zero attached hydrogens (tertiary/aromatic N) is 1.